The molecule has 0 aliphatic rings. The van der Waals surface area contributed by atoms with Gasteiger partial charge in [0.25, 0.3) is 0 Å². The molecule has 0 saturated carbocycles. The molecule has 1 aromatic carbocycles. The van der Waals surface area contributed by atoms with Crippen LogP contribution in [0.25, 0.3) is 0 Å². The first kappa shape index (κ1) is 13.6. The zero-order chi connectivity index (χ0) is 12.5. The van der Waals surface area contributed by atoms with E-state index >= 15 is 0 Å². The monoisotopic (exact) mass is 231 g/mol. The van der Waals surface area contributed by atoms with Crippen LogP contribution in [0.2, 0.25) is 0 Å². The van der Waals surface area contributed by atoms with Crippen molar-refractivity contribution in [3.63, 3.8) is 0 Å². The predicted molar refractivity (Wildman–Crippen MR) is 72.1 cm³/mol. The van der Waals surface area contributed by atoms with Gasteiger partial charge in [-0.15, -0.1) is 12.3 Å². The van der Waals surface area contributed by atoms with E-state index in [1.165, 1.54) is 5.56 Å². The number of hydrogen-bond donors (Lipinski definition) is 1. The van der Waals surface area contributed by atoms with Crippen molar-refractivity contribution in [1.29, 1.82) is 0 Å². The molecule has 1 atom stereocenters. The predicted octanol–water partition coefficient (Wildman–Crippen LogP) is 3.15. The van der Waals surface area contributed by atoms with Crippen LogP contribution in [0.4, 0.5) is 0 Å². The maximum Gasteiger partial charge on any atom is 0.119 e. The van der Waals surface area contributed by atoms with Crippen molar-refractivity contribution in [1.82, 2.24) is 5.32 Å². The smallest absolute Gasteiger partial charge is 0.119 e. The summed E-state index contributed by atoms with van der Waals surface area (Å²) < 4.78 is 5.51. The van der Waals surface area contributed by atoms with Gasteiger partial charge in [-0.1, -0.05) is 19.1 Å². The van der Waals surface area contributed by atoms with Crippen LogP contribution in [0.3, 0.4) is 0 Å². The topological polar surface area (TPSA) is 21.3 Å². The van der Waals surface area contributed by atoms with Crippen LogP contribution in [0.15, 0.2) is 24.3 Å². The Morgan fingerprint density at radius 2 is 2.24 bits per heavy atom. The SMILES string of the molecule is C#CCCC(NCC)c1cccc(OCC)c1. The number of benzene rings is 1. The van der Waals surface area contributed by atoms with E-state index < -0.39 is 0 Å². The van der Waals surface area contributed by atoms with Gasteiger partial charge in [0.05, 0.1) is 6.61 Å². The van der Waals surface area contributed by atoms with Gasteiger partial charge in [0.2, 0.25) is 0 Å². The van der Waals surface area contributed by atoms with Crippen molar-refractivity contribution in [3.8, 4) is 18.1 Å². The number of nitrogens with one attached hydrogen (secondary N) is 1. The molecule has 0 aliphatic heterocycles. The number of rotatable bonds is 7. The van der Waals surface area contributed by atoms with Crippen LogP contribution < -0.4 is 10.1 Å². The molecular weight excluding hydrogens is 210 g/mol. The second-order valence-electron chi connectivity index (χ2n) is 3.86. The molecular formula is C15H21NO. The fourth-order valence-electron chi connectivity index (χ4n) is 1.85. The molecule has 0 fully saturated rings. The molecule has 0 radical (unpaired) electrons. The first-order chi connectivity index (χ1) is 8.31. The molecule has 0 spiro atoms. The summed E-state index contributed by atoms with van der Waals surface area (Å²) in [5.74, 6) is 3.62. The van der Waals surface area contributed by atoms with E-state index in [9.17, 15) is 0 Å². The van der Waals surface area contributed by atoms with E-state index in [1.807, 2.05) is 19.1 Å². The Hall–Kier alpha value is -1.46. The molecule has 0 saturated heterocycles. The summed E-state index contributed by atoms with van der Waals surface area (Å²) >= 11 is 0. The minimum absolute atomic E-state index is 0.316. The summed E-state index contributed by atoms with van der Waals surface area (Å²) in [5, 5.41) is 3.45. The molecule has 17 heavy (non-hydrogen) atoms. The normalized spacial score (nSPS) is 11.8. The van der Waals surface area contributed by atoms with Crippen LogP contribution in [-0.2, 0) is 0 Å². The van der Waals surface area contributed by atoms with E-state index in [2.05, 4.69) is 30.3 Å². The second-order valence-corrected chi connectivity index (χ2v) is 3.86. The van der Waals surface area contributed by atoms with Crippen LogP contribution >= 0.6 is 0 Å². The van der Waals surface area contributed by atoms with Gasteiger partial charge in [0, 0.05) is 12.5 Å². The summed E-state index contributed by atoms with van der Waals surface area (Å²) in [6.45, 7) is 5.73. The van der Waals surface area contributed by atoms with Crippen LogP contribution in [0.1, 0.15) is 38.3 Å². The van der Waals surface area contributed by atoms with E-state index in [4.69, 9.17) is 11.2 Å². The first-order valence-corrected chi connectivity index (χ1v) is 6.21. The molecule has 2 nitrogen and oxygen atoms in total. The molecule has 0 heterocycles. The lowest BCUT2D eigenvalue weighted by molar-refractivity contribution is 0.339. The van der Waals surface area contributed by atoms with Crippen molar-refractivity contribution in [2.45, 2.75) is 32.7 Å². The summed E-state index contributed by atoms with van der Waals surface area (Å²) in [6, 6.07) is 8.54. The largest absolute Gasteiger partial charge is 0.494 e. The number of hydrogen-bond acceptors (Lipinski definition) is 2. The van der Waals surface area contributed by atoms with Crippen molar-refractivity contribution < 1.29 is 4.74 Å². The summed E-state index contributed by atoms with van der Waals surface area (Å²) in [4.78, 5) is 0. The molecule has 0 aliphatic carbocycles. The Bertz CT molecular complexity index is 367. The third kappa shape index (κ3) is 4.50. The maximum absolute atomic E-state index is 5.51. The molecule has 1 aromatic rings. The van der Waals surface area contributed by atoms with Gasteiger partial charge in [0.1, 0.15) is 5.75 Å². The first-order valence-electron chi connectivity index (χ1n) is 6.21. The highest BCUT2D eigenvalue weighted by Crippen LogP contribution is 2.22. The Kier molecular flexibility index (Phi) is 6.21. The second kappa shape index (κ2) is 7.76. The lowest BCUT2D eigenvalue weighted by Crippen LogP contribution is -2.20. The van der Waals surface area contributed by atoms with Crippen molar-refractivity contribution in [2.24, 2.45) is 0 Å². The van der Waals surface area contributed by atoms with Crippen molar-refractivity contribution >= 4 is 0 Å². The van der Waals surface area contributed by atoms with Gasteiger partial charge >= 0.3 is 0 Å². The fourth-order valence-corrected chi connectivity index (χ4v) is 1.85. The highest BCUT2D eigenvalue weighted by atomic mass is 16.5. The average molecular weight is 231 g/mol. The van der Waals surface area contributed by atoms with Gasteiger partial charge in [-0.3, -0.25) is 0 Å². The molecule has 1 rings (SSSR count). The maximum atomic E-state index is 5.51. The highest BCUT2D eigenvalue weighted by Gasteiger charge is 2.09. The molecule has 1 unspecified atom stereocenters. The van der Waals surface area contributed by atoms with E-state index in [0.29, 0.717) is 12.6 Å². The molecule has 92 valence electrons. The van der Waals surface area contributed by atoms with Crippen molar-refractivity contribution in [2.75, 3.05) is 13.2 Å². The number of ether oxygens (including phenoxy) is 1. The van der Waals surface area contributed by atoms with E-state index in [-0.39, 0.29) is 0 Å². The Morgan fingerprint density at radius 1 is 1.41 bits per heavy atom. The summed E-state index contributed by atoms with van der Waals surface area (Å²) in [7, 11) is 0. The average Bonchev–Trinajstić information content (AvgIpc) is 2.35. The quantitative estimate of drug-likeness (QED) is 0.728. The van der Waals surface area contributed by atoms with Gasteiger partial charge in [0.15, 0.2) is 0 Å². The third-order valence-electron chi connectivity index (χ3n) is 2.60. The Morgan fingerprint density at radius 3 is 2.88 bits per heavy atom. The van der Waals surface area contributed by atoms with Crippen LogP contribution in [-0.4, -0.2) is 13.2 Å². The van der Waals surface area contributed by atoms with Crippen LogP contribution in [0, 0.1) is 12.3 Å². The zero-order valence-corrected chi connectivity index (χ0v) is 10.7. The molecule has 1 N–H and O–H groups in total. The zero-order valence-electron chi connectivity index (χ0n) is 10.7. The van der Waals surface area contributed by atoms with Crippen molar-refractivity contribution in [3.05, 3.63) is 29.8 Å². The van der Waals surface area contributed by atoms with Gasteiger partial charge in [-0.25, -0.2) is 0 Å². The Balaban J connectivity index is 2.77. The van der Waals surface area contributed by atoms with E-state index in [1.54, 1.807) is 0 Å². The number of terminal acetylenes is 1. The lowest BCUT2D eigenvalue weighted by atomic mass is 10.0. The van der Waals surface area contributed by atoms with Crippen LogP contribution in [0.5, 0.6) is 5.75 Å². The van der Waals surface area contributed by atoms with Gasteiger partial charge < -0.3 is 10.1 Å². The highest BCUT2D eigenvalue weighted by molar-refractivity contribution is 5.30. The minimum Gasteiger partial charge on any atom is -0.494 e. The van der Waals surface area contributed by atoms with Gasteiger partial charge in [-0.05, 0) is 37.6 Å². The third-order valence-corrected chi connectivity index (χ3v) is 2.60. The minimum atomic E-state index is 0.316. The fraction of sp³-hybridized carbons (Fsp3) is 0.467. The lowest BCUT2D eigenvalue weighted by Gasteiger charge is -2.18. The summed E-state index contributed by atoms with van der Waals surface area (Å²) in [6.07, 6.45) is 7.07. The standard InChI is InChI=1S/C15H21NO/c1-4-7-11-15(16-5-2)13-9-8-10-14(12-13)17-6-3/h1,8-10,12,15-16H,5-7,11H2,2-3H3. The molecule has 0 aromatic heterocycles. The molecule has 0 bridgehead atoms. The Labute approximate surface area is 104 Å². The van der Waals surface area contributed by atoms with Gasteiger partial charge in [-0.2, -0.15) is 0 Å². The molecule has 0 amide bonds. The summed E-state index contributed by atoms with van der Waals surface area (Å²) in [5.41, 5.74) is 1.24. The molecule has 2 heteroatoms. The van der Waals surface area contributed by atoms with E-state index in [0.717, 1.165) is 25.1 Å².